The lowest BCUT2D eigenvalue weighted by Crippen LogP contribution is -2.63. The number of nitrogens with one attached hydrogen (secondary N) is 1. The van der Waals surface area contributed by atoms with Gasteiger partial charge in [0.05, 0.1) is 18.2 Å². The average molecular weight is 512 g/mol. The zero-order valence-electron chi connectivity index (χ0n) is 20.4. The van der Waals surface area contributed by atoms with Crippen LogP contribution in [0.2, 0.25) is 0 Å². The molecule has 4 rings (SSSR count). The standard InChI is InChI=1S/C26H29N3O8/c1-4-7-28-10-16(31)12-5-6-15(30)18-13(12)8-11-9-14-20(29(2)3)22(33)19(25(27)36)24(35)26(14,37)23(34)17(11)21(18)32/h4-6,11,14,20,28,30,33-34,37H,1,7-10H2,2-3H3,(H2,27,36)/t11-,14-,20-,26-/m0/s1. The summed E-state index contributed by atoms with van der Waals surface area (Å²) in [5.74, 6) is -7.63. The number of fused-ring (bicyclic) bond motifs is 3. The molecule has 0 unspecified atom stereocenters. The van der Waals surface area contributed by atoms with E-state index in [4.69, 9.17) is 5.73 Å². The number of benzene rings is 1. The Morgan fingerprint density at radius 3 is 2.51 bits per heavy atom. The highest BCUT2D eigenvalue weighted by molar-refractivity contribution is 6.25. The van der Waals surface area contributed by atoms with Crippen molar-refractivity contribution >= 4 is 23.3 Å². The Bertz CT molecular complexity index is 1310. The summed E-state index contributed by atoms with van der Waals surface area (Å²) >= 11 is 0. The Morgan fingerprint density at radius 2 is 1.92 bits per heavy atom. The lowest BCUT2D eigenvalue weighted by atomic mass is 9.58. The molecule has 0 heterocycles. The minimum absolute atomic E-state index is 0.0375. The van der Waals surface area contributed by atoms with Crippen molar-refractivity contribution in [2.24, 2.45) is 17.6 Å². The second-order valence-electron chi connectivity index (χ2n) is 9.79. The van der Waals surface area contributed by atoms with Crippen LogP contribution in [0.1, 0.15) is 32.7 Å². The van der Waals surface area contributed by atoms with Crippen LogP contribution in [-0.4, -0.2) is 87.4 Å². The number of phenols is 1. The summed E-state index contributed by atoms with van der Waals surface area (Å²) < 4.78 is 0. The van der Waals surface area contributed by atoms with E-state index in [1.807, 2.05) is 0 Å². The first-order valence-corrected chi connectivity index (χ1v) is 11.7. The molecule has 1 amide bonds. The Labute approximate surface area is 212 Å². The molecule has 0 aliphatic heterocycles. The van der Waals surface area contributed by atoms with E-state index in [0.717, 1.165) is 0 Å². The van der Waals surface area contributed by atoms with Crippen molar-refractivity contribution in [2.45, 2.75) is 24.5 Å². The fourth-order valence-corrected chi connectivity index (χ4v) is 5.89. The van der Waals surface area contributed by atoms with Crippen LogP contribution in [0.4, 0.5) is 0 Å². The van der Waals surface area contributed by atoms with E-state index in [0.29, 0.717) is 12.1 Å². The molecule has 0 saturated carbocycles. The lowest BCUT2D eigenvalue weighted by Gasteiger charge is -2.50. The smallest absolute Gasteiger partial charge is 0.255 e. The molecular weight excluding hydrogens is 482 g/mol. The molecule has 3 aliphatic rings. The van der Waals surface area contributed by atoms with Crippen molar-refractivity contribution in [3.8, 4) is 5.75 Å². The van der Waals surface area contributed by atoms with Gasteiger partial charge >= 0.3 is 0 Å². The van der Waals surface area contributed by atoms with Gasteiger partial charge < -0.3 is 31.5 Å². The van der Waals surface area contributed by atoms with Gasteiger partial charge in [0.15, 0.2) is 17.2 Å². The number of nitrogens with zero attached hydrogens (tertiary/aromatic N) is 1. The summed E-state index contributed by atoms with van der Waals surface area (Å²) in [5, 5.41) is 47.1. The van der Waals surface area contributed by atoms with E-state index in [1.165, 1.54) is 17.0 Å². The summed E-state index contributed by atoms with van der Waals surface area (Å²) in [6.07, 6.45) is 1.58. The quantitative estimate of drug-likeness (QED) is 0.126. The second-order valence-corrected chi connectivity index (χ2v) is 9.79. The highest BCUT2D eigenvalue weighted by Gasteiger charge is 2.63. The van der Waals surface area contributed by atoms with Gasteiger partial charge in [0.1, 0.15) is 22.8 Å². The normalized spacial score (nSPS) is 27.1. The van der Waals surface area contributed by atoms with Crippen LogP contribution in [0.25, 0.3) is 0 Å². The first-order chi connectivity index (χ1) is 17.4. The lowest BCUT2D eigenvalue weighted by molar-refractivity contribution is -0.148. The van der Waals surface area contributed by atoms with Crippen molar-refractivity contribution in [3.63, 3.8) is 0 Å². The first-order valence-electron chi connectivity index (χ1n) is 11.7. The van der Waals surface area contributed by atoms with Crippen LogP contribution in [0, 0.1) is 11.8 Å². The Kier molecular flexibility index (Phi) is 6.57. The summed E-state index contributed by atoms with van der Waals surface area (Å²) in [4.78, 5) is 53.3. The Balaban J connectivity index is 1.89. The minimum Gasteiger partial charge on any atom is -0.510 e. The van der Waals surface area contributed by atoms with Crippen molar-refractivity contribution in [1.29, 1.82) is 0 Å². The van der Waals surface area contributed by atoms with Crippen molar-refractivity contribution in [2.75, 3.05) is 27.2 Å². The topological polar surface area (TPSA) is 190 Å². The molecule has 0 bridgehead atoms. The predicted molar refractivity (Wildman–Crippen MR) is 131 cm³/mol. The summed E-state index contributed by atoms with van der Waals surface area (Å²) in [7, 11) is 3.11. The third-order valence-electron chi connectivity index (χ3n) is 7.48. The number of nitrogens with two attached hydrogens (primary N) is 1. The number of ketones is 3. The number of carbonyl (C=O) groups is 4. The molecular formula is C26H29N3O8. The third-order valence-corrected chi connectivity index (χ3v) is 7.48. The number of allylic oxidation sites excluding steroid dienone is 1. The minimum atomic E-state index is -2.71. The molecule has 196 valence electrons. The maximum absolute atomic E-state index is 13.6. The van der Waals surface area contributed by atoms with Gasteiger partial charge in [-0.15, -0.1) is 6.58 Å². The molecule has 4 atom stereocenters. The molecule has 0 spiro atoms. The highest BCUT2D eigenvalue weighted by atomic mass is 16.3. The monoisotopic (exact) mass is 511 g/mol. The Morgan fingerprint density at radius 1 is 1.24 bits per heavy atom. The van der Waals surface area contributed by atoms with Gasteiger partial charge in [0.2, 0.25) is 5.78 Å². The number of carbonyl (C=O) groups excluding carboxylic acids is 4. The first kappa shape index (κ1) is 26.3. The van der Waals surface area contributed by atoms with E-state index in [-0.39, 0.29) is 41.9 Å². The van der Waals surface area contributed by atoms with Crippen LogP contribution in [0.5, 0.6) is 5.75 Å². The molecule has 0 radical (unpaired) electrons. The van der Waals surface area contributed by atoms with Crippen molar-refractivity contribution in [3.05, 3.63) is 64.1 Å². The molecule has 0 aromatic heterocycles. The number of aromatic hydroxyl groups is 1. The third kappa shape index (κ3) is 3.78. The van der Waals surface area contributed by atoms with E-state index in [1.54, 1.807) is 20.2 Å². The zero-order chi connectivity index (χ0) is 27.4. The predicted octanol–water partition coefficient (Wildman–Crippen LogP) is 0.0789. The molecule has 11 nitrogen and oxygen atoms in total. The van der Waals surface area contributed by atoms with Gasteiger partial charge in [-0.3, -0.25) is 24.1 Å². The fourth-order valence-electron chi connectivity index (χ4n) is 5.89. The SMILES string of the molecule is C=CCNCC(=O)c1ccc(O)c2c1C[C@H]1C[C@H]3[C@H](N(C)C)C(O)=C(C(N)=O)C(=O)[C@@]3(O)C(O)=C1C2=O. The maximum atomic E-state index is 13.6. The number of aliphatic hydroxyl groups excluding tert-OH is 2. The number of hydrogen-bond donors (Lipinski definition) is 6. The van der Waals surface area contributed by atoms with Crippen molar-refractivity contribution < 1.29 is 39.6 Å². The number of rotatable bonds is 7. The van der Waals surface area contributed by atoms with Gasteiger partial charge in [-0.2, -0.15) is 0 Å². The van der Waals surface area contributed by atoms with Gasteiger partial charge in [0, 0.05) is 23.6 Å². The largest absolute Gasteiger partial charge is 0.510 e. The number of Topliss-reactive ketones (excluding diaryl/α,β-unsaturated/α-hetero) is 3. The van der Waals surface area contributed by atoms with E-state index < -0.39 is 63.8 Å². The van der Waals surface area contributed by atoms with Gasteiger partial charge in [-0.1, -0.05) is 6.08 Å². The van der Waals surface area contributed by atoms with Crippen molar-refractivity contribution in [1.82, 2.24) is 10.2 Å². The summed E-state index contributed by atoms with van der Waals surface area (Å²) in [6.45, 7) is 3.93. The number of hydrogen-bond acceptors (Lipinski definition) is 10. The van der Waals surface area contributed by atoms with Gasteiger partial charge in [-0.25, -0.2) is 0 Å². The van der Waals surface area contributed by atoms with E-state index in [2.05, 4.69) is 11.9 Å². The average Bonchev–Trinajstić information content (AvgIpc) is 2.81. The molecule has 3 aliphatic carbocycles. The molecule has 37 heavy (non-hydrogen) atoms. The second kappa shape index (κ2) is 9.25. The highest BCUT2D eigenvalue weighted by Crippen LogP contribution is 2.52. The molecule has 1 aromatic rings. The number of amides is 1. The summed E-state index contributed by atoms with van der Waals surface area (Å²) in [6, 6.07) is 1.54. The zero-order valence-corrected chi connectivity index (χ0v) is 20.4. The molecule has 0 fully saturated rings. The number of likely N-dealkylation sites (N-methyl/N-ethyl adjacent to an activating group) is 1. The Hall–Kier alpha value is -3.80. The number of aliphatic hydroxyl groups is 3. The van der Waals surface area contributed by atoms with E-state index in [9.17, 15) is 39.6 Å². The molecule has 7 N–H and O–H groups in total. The van der Waals surface area contributed by atoms with Crippen LogP contribution in [0.15, 0.2) is 47.5 Å². The van der Waals surface area contributed by atoms with Crippen LogP contribution in [0.3, 0.4) is 0 Å². The fraction of sp³-hybridized carbons (Fsp3) is 0.385. The molecule has 11 heteroatoms. The molecule has 0 saturated heterocycles. The van der Waals surface area contributed by atoms with Crippen LogP contribution >= 0.6 is 0 Å². The molecule has 1 aromatic carbocycles. The number of phenolic OH excluding ortho intramolecular Hbond substituents is 1. The number of primary amides is 1. The van der Waals surface area contributed by atoms with Crippen LogP contribution in [-0.2, 0) is 16.0 Å². The van der Waals surface area contributed by atoms with E-state index >= 15 is 0 Å². The van der Waals surface area contributed by atoms with Gasteiger partial charge in [0.25, 0.3) is 5.91 Å². The summed E-state index contributed by atoms with van der Waals surface area (Å²) in [5.41, 5.74) is 1.79. The maximum Gasteiger partial charge on any atom is 0.255 e. The van der Waals surface area contributed by atoms with Crippen LogP contribution < -0.4 is 11.1 Å². The van der Waals surface area contributed by atoms with Gasteiger partial charge in [-0.05, 0) is 50.6 Å².